The predicted molar refractivity (Wildman–Crippen MR) is 124 cm³/mol. The van der Waals surface area contributed by atoms with Gasteiger partial charge in [0.1, 0.15) is 17.1 Å². The van der Waals surface area contributed by atoms with Crippen LogP contribution in [0.5, 0.6) is 5.75 Å². The van der Waals surface area contributed by atoms with Crippen LogP contribution in [0.25, 0.3) is 22.4 Å². The van der Waals surface area contributed by atoms with Crippen molar-refractivity contribution in [2.45, 2.75) is 25.9 Å². The molecular weight excluding hydrogens is 542 g/mol. The van der Waals surface area contributed by atoms with Crippen molar-refractivity contribution in [3.63, 3.8) is 0 Å². The molecule has 4 rings (SSSR count). The minimum Gasteiger partial charge on any atom is -0.429 e. The van der Waals surface area contributed by atoms with Crippen LogP contribution in [-0.2, 0) is 12.5 Å². The molecule has 0 atom stereocenters. The predicted octanol–water partition coefficient (Wildman–Crippen LogP) is 9.52. The molecule has 0 spiro atoms. The number of hydrogen-bond acceptors (Lipinski definition) is 1. The summed E-state index contributed by atoms with van der Waals surface area (Å²) in [6.07, 6.45) is -3.93. The van der Waals surface area contributed by atoms with Crippen LogP contribution in [-0.4, -0.2) is 0 Å². The minimum absolute atomic E-state index is 0.101. The Labute approximate surface area is 214 Å². The Balaban J connectivity index is 1.64. The second kappa shape index (κ2) is 10.6. The highest BCUT2D eigenvalue weighted by Gasteiger charge is 2.39. The lowest BCUT2D eigenvalue weighted by molar-refractivity contribution is -0.187. The van der Waals surface area contributed by atoms with E-state index in [-0.39, 0.29) is 23.4 Å². The number of fused-ring (bicyclic) bond motifs is 1. The van der Waals surface area contributed by atoms with Crippen LogP contribution in [0.3, 0.4) is 0 Å². The average molecular weight is 558 g/mol. The zero-order valence-corrected chi connectivity index (χ0v) is 19.8. The molecule has 0 aliphatic heterocycles. The van der Waals surface area contributed by atoms with Crippen LogP contribution >= 0.6 is 0 Å². The van der Waals surface area contributed by atoms with E-state index < -0.39 is 80.5 Å². The van der Waals surface area contributed by atoms with Gasteiger partial charge < -0.3 is 4.74 Å². The molecule has 204 valence electrons. The van der Waals surface area contributed by atoms with Gasteiger partial charge >= 0.3 is 6.11 Å². The van der Waals surface area contributed by atoms with Crippen molar-refractivity contribution in [1.82, 2.24) is 0 Å². The molecular formula is C28H16F10O. The lowest BCUT2D eigenvalue weighted by Crippen LogP contribution is -2.24. The van der Waals surface area contributed by atoms with Crippen molar-refractivity contribution in [3.05, 3.63) is 112 Å². The summed E-state index contributed by atoms with van der Waals surface area (Å²) in [4.78, 5) is 0. The molecule has 4 aromatic carbocycles. The summed E-state index contributed by atoms with van der Waals surface area (Å²) in [5.41, 5.74) is -3.19. The first-order chi connectivity index (χ1) is 18.4. The van der Waals surface area contributed by atoms with E-state index in [2.05, 4.69) is 4.74 Å². The second-order valence-electron chi connectivity index (χ2n) is 8.46. The molecule has 0 aliphatic carbocycles. The number of benzene rings is 4. The van der Waals surface area contributed by atoms with E-state index >= 15 is 0 Å². The summed E-state index contributed by atoms with van der Waals surface area (Å²) >= 11 is 0. The maximum absolute atomic E-state index is 14.8. The molecule has 0 radical (unpaired) electrons. The van der Waals surface area contributed by atoms with Gasteiger partial charge in [-0.2, -0.15) is 8.78 Å². The highest BCUT2D eigenvalue weighted by atomic mass is 19.3. The fourth-order valence-electron chi connectivity index (χ4n) is 3.90. The molecule has 0 saturated heterocycles. The SMILES string of the molecule is CCCc1ccc(C(F)(F)Oc2ccc(/C(F)=C(\F)c3ccc4c(F)c(F)c(F)cc4c3)c(F)c2)c(F)c1F. The third-order valence-corrected chi connectivity index (χ3v) is 5.84. The van der Waals surface area contributed by atoms with Crippen molar-refractivity contribution in [1.29, 1.82) is 0 Å². The smallest absolute Gasteiger partial charge is 0.429 e. The Morgan fingerprint density at radius 3 is 2.10 bits per heavy atom. The van der Waals surface area contributed by atoms with Crippen LogP contribution in [0.4, 0.5) is 43.9 Å². The molecule has 0 saturated carbocycles. The third-order valence-electron chi connectivity index (χ3n) is 5.84. The van der Waals surface area contributed by atoms with Gasteiger partial charge in [-0.1, -0.05) is 31.5 Å². The lowest BCUT2D eigenvalue weighted by atomic mass is 10.0. The van der Waals surface area contributed by atoms with Gasteiger partial charge in [-0.25, -0.2) is 35.1 Å². The topological polar surface area (TPSA) is 9.23 Å². The Hall–Kier alpha value is -4.02. The fraction of sp³-hybridized carbons (Fsp3) is 0.143. The van der Waals surface area contributed by atoms with Gasteiger partial charge in [-0.3, -0.25) is 0 Å². The molecule has 0 fully saturated rings. The van der Waals surface area contributed by atoms with Crippen molar-refractivity contribution >= 4 is 22.4 Å². The molecule has 0 aliphatic rings. The first-order valence-electron chi connectivity index (χ1n) is 11.3. The highest BCUT2D eigenvalue weighted by Crippen LogP contribution is 2.37. The van der Waals surface area contributed by atoms with Crippen LogP contribution in [0.15, 0.2) is 54.6 Å². The molecule has 0 amide bonds. The molecule has 0 N–H and O–H groups in total. The first kappa shape index (κ1) is 28.0. The number of halogens is 10. The van der Waals surface area contributed by atoms with Crippen LogP contribution < -0.4 is 4.74 Å². The molecule has 39 heavy (non-hydrogen) atoms. The standard InChI is InChI=1S/C28H16F10O/c1-2-3-13-5-9-19(26(35)22(13)31)28(37,38)39-16-6-8-18(20(29)12-16)25(34)23(32)14-4-7-17-15(10-14)11-21(30)27(36)24(17)33/h4-12H,2-3H2,1H3/b25-23+. The second-order valence-corrected chi connectivity index (χ2v) is 8.46. The molecule has 11 heteroatoms. The molecule has 4 aromatic rings. The van der Waals surface area contributed by atoms with Crippen molar-refractivity contribution in [3.8, 4) is 5.75 Å². The van der Waals surface area contributed by atoms with Gasteiger partial charge in [0.25, 0.3) is 0 Å². The number of aryl methyl sites for hydroxylation is 1. The van der Waals surface area contributed by atoms with E-state index in [1.807, 2.05) is 0 Å². The van der Waals surface area contributed by atoms with Crippen molar-refractivity contribution < 1.29 is 48.6 Å². The zero-order chi connectivity index (χ0) is 28.6. The van der Waals surface area contributed by atoms with E-state index in [1.54, 1.807) is 6.92 Å². The van der Waals surface area contributed by atoms with Gasteiger partial charge in [0, 0.05) is 22.6 Å². The summed E-state index contributed by atoms with van der Waals surface area (Å²) in [5, 5.41) is -0.736. The van der Waals surface area contributed by atoms with Crippen molar-refractivity contribution in [2.24, 2.45) is 0 Å². The Morgan fingerprint density at radius 2 is 1.44 bits per heavy atom. The maximum atomic E-state index is 14.8. The summed E-state index contributed by atoms with van der Waals surface area (Å²) < 4.78 is 147. The summed E-state index contributed by atoms with van der Waals surface area (Å²) in [6, 6.07) is 6.14. The summed E-state index contributed by atoms with van der Waals surface area (Å²) in [6.45, 7) is 1.68. The Morgan fingerprint density at radius 1 is 0.718 bits per heavy atom. The minimum atomic E-state index is -4.46. The van der Waals surface area contributed by atoms with E-state index in [1.165, 1.54) is 0 Å². The third kappa shape index (κ3) is 5.30. The lowest BCUT2D eigenvalue weighted by Gasteiger charge is -2.20. The van der Waals surface area contributed by atoms with E-state index in [9.17, 15) is 43.9 Å². The van der Waals surface area contributed by atoms with E-state index in [0.29, 0.717) is 30.7 Å². The molecule has 0 aromatic heterocycles. The number of alkyl halides is 2. The van der Waals surface area contributed by atoms with Gasteiger partial charge in [0.2, 0.25) is 0 Å². The quantitative estimate of drug-likeness (QED) is 0.125. The zero-order valence-electron chi connectivity index (χ0n) is 19.8. The first-order valence-corrected chi connectivity index (χ1v) is 11.3. The van der Waals surface area contributed by atoms with E-state index in [4.69, 9.17) is 0 Å². The number of ether oxygens (including phenoxy) is 1. The summed E-state index contributed by atoms with van der Waals surface area (Å²) in [7, 11) is 0. The van der Waals surface area contributed by atoms with E-state index in [0.717, 1.165) is 24.3 Å². The molecule has 1 nitrogen and oxygen atoms in total. The van der Waals surface area contributed by atoms with Gasteiger partial charge in [0.05, 0.1) is 0 Å². The number of hydrogen-bond donors (Lipinski definition) is 0. The molecule has 0 bridgehead atoms. The van der Waals surface area contributed by atoms with Gasteiger partial charge in [0.15, 0.2) is 40.7 Å². The fourth-order valence-corrected chi connectivity index (χ4v) is 3.90. The monoisotopic (exact) mass is 558 g/mol. The normalized spacial score (nSPS) is 12.6. The Kier molecular flexibility index (Phi) is 7.63. The largest absolute Gasteiger partial charge is 0.429 e. The average Bonchev–Trinajstić information content (AvgIpc) is 2.88. The van der Waals surface area contributed by atoms with Crippen LogP contribution in [0.1, 0.15) is 35.6 Å². The maximum Gasteiger partial charge on any atom is 0.429 e. The molecule has 0 heterocycles. The van der Waals surface area contributed by atoms with Gasteiger partial charge in [-0.05, 0) is 47.7 Å². The Bertz CT molecular complexity index is 1610. The highest BCUT2D eigenvalue weighted by molar-refractivity contribution is 5.90. The van der Waals surface area contributed by atoms with Crippen LogP contribution in [0, 0.1) is 34.9 Å². The number of rotatable bonds is 7. The summed E-state index contributed by atoms with van der Waals surface area (Å²) in [5.74, 6) is -14.1. The van der Waals surface area contributed by atoms with Crippen molar-refractivity contribution in [2.75, 3.05) is 0 Å². The molecule has 0 unspecified atom stereocenters. The van der Waals surface area contributed by atoms with Gasteiger partial charge in [-0.15, -0.1) is 0 Å². The van der Waals surface area contributed by atoms with Crippen LogP contribution in [0.2, 0.25) is 0 Å².